The number of hydrogen-bond acceptors (Lipinski definition) is 7. The number of likely N-dealkylation sites (N-methyl/N-ethyl adjacent to an activating group) is 1. The molecule has 1 rings (SSSR count). The molecule has 1 aromatic carbocycles. The van der Waals surface area contributed by atoms with Gasteiger partial charge in [0.05, 0.1) is 11.5 Å². The molecule has 7 nitrogen and oxygen atoms in total. The Morgan fingerprint density at radius 2 is 1.30 bits per heavy atom. The number of aryl methyl sites for hydroxylation is 1. The van der Waals surface area contributed by atoms with Gasteiger partial charge in [0.25, 0.3) is 10.1 Å². The molecule has 0 aliphatic carbocycles. The van der Waals surface area contributed by atoms with E-state index in [1.165, 1.54) is 0 Å². The van der Waals surface area contributed by atoms with Crippen LogP contribution in [0.1, 0.15) is 25.3 Å². The van der Waals surface area contributed by atoms with Crippen LogP contribution < -0.4 is 21.3 Å². The molecular formula is C19H36N4O3S. The molecule has 0 fully saturated rings. The molecular weight excluding hydrogens is 364 g/mol. The highest BCUT2D eigenvalue weighted by atomic mass is 32.2. The molecule has 8 heteroatoms. The predicted octanol–water partition coefficient (Wildman–Crippen LogP) is 0.859. The molecule has 0 amide bonds. The highest BCUT2D eigenvalue weighted by Gasteiger charge is 2.14. The lowest BCUT2D eigenvalue weighted by atomic mass is 10.2. The van der Waals surface area contributed by atoms with Crippen LogP contribution in [0.4, 0.5) is 0 Å². The van der Waals surface area contributed by atoms with E-state index in [0.717, 1.165) is 64.3 Å². The first-order valence-electron chi connectivity index (χ1n) is 9.85. The summed E-state index contributed by atoms with van der Waals surface area (Å²) >= 11 is 0. The van der Waals surface area contributed by atoms with E-state index in [-0.39, 0.29) is 11.5 Å². The Balaban J connectivity index is 1.91. The van der Waals surface area contributed by atoms with Crippen molar-refractivity contribution in [3.63, 3.8) is 0 Å². The van der Waals surface area contributed by atoms with E-state index < -0.39 is 10.1 Å². The Bertz CT molecular complexity index is 579. The zero-order valence-electron chi connectivity index (χ0n) is 16.7. The number of benzene rings is 1. The minimum Gasteiger partial charge on any atom is -0.316 e. The van der Waals surface area contributed by atoms with Crippen LogP contribution >= 0.6 is 0 Å². The molecule has 0 unspecified atom stereocenters. The molecule has 0 saturated heterocycles. The van der Waals surface area contributed by atoms with Gasteiger partial charge in [-0.3, -0.25) is 4.18 Å². The van der Waals surface area contributed by atoms with E-state index in [1.807, 2.05) is 6.92 Å². The topological polar surface area (TPSA) is 91.5 Å². The smallest absolute Gasteiger partial charge is 0.296 e. The number of nitrogens with one attached hydrogen (secondary N) is 4. The molecule has 0 spiro atoms. The Hall–Kier alpha value is -1.03. The van der Waals surface area contributed by atoms with Crippen LogP contribution in [0.5, 0.6) is 0 Å². The minimum absolute atomic E-state index is 0.216. The van der Waals surface area contributed by atoms with Crippen molar-refractivity contribution in [3.05, 3.63) is 29.8 Å². The molecule has 4 N–H and O–H groups in total. The van der Waals surface area contributed by atoms with Gasteiger partial charge in [0.1, 0.15) is 0 Å². The molecule has 0 bridgehead atoms. The maximum Gasteiger partial charge on any atom is 0.296 e. The molecule has 0 aliphatic rings. The fourth-order valence-corrected chi connectivity index (χ4v) is 3.32. The lowest BCUT2D eigenvalue weighted by molar-refractivity contribution is 0.307. The highest BCUT2D eigenvalue weighted by molar-refractivity contribution is 7.86. The van der Waals surface area contributed by atoms with Crippen LogP contribution in [-0.2, 0) is 14.3 Å². The summed E-state index contributed by atoms with van der Waals surface area (Å²) in [5.74, 6) is 0. The van der Waals surface area contributed by atoms with Gasteiger partial charge in [-0.2, -0.15) is 8.42 Å². The third-order valence-corrected chi connectivity index (χ3v) is 5.31. The molecule has 0 heterocycles. The van der Waals surface area contributed by atoms with E-state index in [9.17, 15) is 8.42 Å². The first kappa shape index (κ1) is 24.0. The molecule has 1 aromatic rings. The lowest BCUT2D eigenvalue weighted by Crippen LogP contribution is -2.35. The van der Waals surface area contributed by atoms with Crippen LogP contribution in [0, 0.1) is 6.92 Å². The maximum atomic E-state index is 12.0. The van der Waals surface area contributed by atoms with Crippen molar-refractivity contribution in [2.45, 2.75) is 31.6 Å². The van der Waals surface area contributed by atoms with Crippen LogP contribution in [0.3, 0.4) is 0 Å². The van der Waals surface area contributed by atoms with Crippen LogP contribution in [-0.4, -0.2) is 67.4 Å². The van der Waals surface area contributed by atoms with E-state index in [4.69, 9.17) is 4.18 Å². The van der Waals surface area contributed by atoms with Gasteiger partial charge in [-0.05, 0) is 45.0 Å². The number of rotatable bonds is 17. The van der Waals surface area contributed by atoms with Crippen molar-refractivity contribution in [3.8, 4) is 0 Å². The second-order valence-corrected chi connectivity index (χ2v) is 8.02. The van der Waals surface area contributed by atoms with Gasteiger partial charge in [-0.1, -0.05) is 24.6 Å². The van der Waals surface area contributed by atoms with E-state index in [0.29, 0.717) is 6.42 Å². The summed E-state index contributed by atoms with van der Waals surface area (Å²) in [7, 11) is -3.64. The van der Waals surface area contributed by atoms with Crippen molar-refractivity contribution in [2.75, 3.05) is 59.0 Å². The normalized spacial score (nSPS) is 11.8. The second-order valence-electron chi connectivity index (χ2n) is 6.40. The average molecular weight is 401 g/mol. The maximum absolute atomic E-state index is 12.0. The van der Waals surface area contributed by atoms with Crippen molar-refractivity contribution in [1.29, 1.82) is 0 Å². The lowest BCUT2D eigenvalue weighted by Gasteiger charge is -2.08. The van der Waals surface area contributed by atoms with Crippen molar-refractivity contribution >= 4 is 10.1 Å². The number of unbranched alkanes of at least 4 members (excludes halogenated alkanes) is 1. The fourth-order valence-electron chi connectivity index (χ4n) is 2.38. The largest absolute Gasteiger partial charge is 0.316 e. The standard InChI is InChI=1S/C19H36N4O3S/c1-3-20-11-12-22-15-16-23-14-13-21-10-4-5-17-26-27(24,25)19-8-6-18(2)7-9-19/h6-9,20-23H,3-5,10-17H2,1-2H3. The van der Waals surface area contributed by atoms with Crippen LogP contribution in [0.15, 0.2) is 29.2 Å². The summed E-state index contributed by atoms with van der Waals surface area (Å²) < 4.78 is 29.1. The van der Waals surface area contributed by atoms with Gasteiger partial charge in [-0.15, -0.1) is 0 Å². The highest BCUT2D eigenvalue weighted by Crippen LogP contribution is 2.13. The zero-order chi connectivity index (χ0) is 19.8. The molecule has 156 valence electrons. The van der Waals surface area contributed by atoms with Crippen molar-refractivity contribution < 1.29 is 12.6 Å². The zero-order valence-corrected chi connectivity index (χ0v) is 17.5. The SMILES string of the molecule is CCNCCNCCNCCNCCCCOS(=O)(=O)c1ccc(C)cc1. The minimum atomic E-state index is -3.64. The summed E-state index contributed by atoms with van der Waals surface area (Å²) in [6.45, 7) is 11.9. The first-order chi connectivity index (χ1) is 13.1. The second kappa shape index (κ2) is 15.0. The molecule has 0 radical (unpaired) electrons. The molecule has 0 aromatic heterocycles. The van der Waals surface area contributed by atoms with Crippen molar-refractivity contribution in [1.82, 2.24) is 21.3 Å². The average Bonchev–Trinajstić information content (AvgIpc) is 2.65. The third kappa shape index (κ3) is 12.1. The van der Waals surface area contributed by atoms with Gasteiger partial charge in [0.15, 0.2) is 0 Å². The van der Waals surface area contributed by atoms with Crippen LogP contribution in [0.25, 0.3) is 0 Å². The molecule has 0 aliphatic heterocycles. The molecule has 0 atom stereocenters. The Morgan fingerprint density at radius 3 is 1.85 bits per heavy atom. The Kier molecular flexibility index (Phi) is 13.3. The van der Waals surface area contributed by atoms with Gasteiger partial charge in [0, 0.05) is 39.3 Å². The van der Waals surface area contributed by atoms with Gasteiger partial charge < -0.3 is 21.3 Å². The van der Waals surface area contributed by atoms with E-state index in [1.54, 1.807) is 24.3 Å². The summed E-state index contributed by atoms with van der Waals surface area (Å²) in [5, 5.41) is 13.3. The Morgan fingerprint density at radius 1 is 0.778 bits per heavy atom. The summed E-state index contributed by atoms with van der Waals surface area (Å²) in [5.41, 5.74) is 1.02. The summed E-state index contributed by atoms with van der Waals surface area (Å²) in [6, 6.07) is 6.70. The van der Waals surface area contributed by atoms with Crippen molar-refractivity contribution in [2.24, 2.45) is 0 Å². The summed E-state index contributed by atoms with van der Waals surface area (Å²) in [6.07, 6.45) is 1.59. The predicted molar refractivity (Wildman–Crippen MR) is 111 cm³/mol. The van der Waals surface area contributed by atoms with E-state index in [2.05, 4.69) is 28.2 Å². The first-order valence-corrected chi connectivity index (χ1v) is 11.3. The monoisotopic (exact) mass is 400 g/mol. The fraction of sp³-hybridized carbons (Fsp3) is 0.684. The van der Waals surface area contributed by atoms with E-state index >= 15 is 0 Å². The quantitative estimate of drug-likeness (QED) is 0.228. The van der Waals surface area contributed by atoms with Gasteiger partial charge >= 0.3 is 0 Å². The van der Waals surface area contributed by atoms with Gasteiger partial charge in [-0.25, -0.2) is 0 Å². The van der Waals surface area contributed by atoms with Crippen LogP contribution in [0.2, 0.25) is 0 Å². The number of hydrogen-bond donors (Lipinski definition) is 4. The molecule has 27 heavy (non-hydrogen) atoms. The summed E-state index contributed by atoms with van der Waals surface area (Å²) in [4.78, 5) is 0.216. The molecule has 0 saturated carbocycles. The third-order valence-electron chi connectivity index (χ3n) is 3.98. The Labute approximate surface area is 164 Å². The van der Waals surface area contributed by atoms with Gasteiger partial charge in [0.2, 0.25) is 0 Å².